The molecule has 7 heteroatoms. The Labute approximate surface area is 110 Å². The number of carbonyl (C=O) groups excluding carboxylic acids is 1. The van der Waals surface area contributed by atoms with Gasteiger partial charge in [-0.05, 0) is 18.9 Å². The van der Waals surface area contributed by atoms with Gasteiger partial charge in [-0.25, -0.2) is 0 Å². The first-order valence-corrected chi connectivity index (χ1v) is 8.17. The number of nitrogens with two attached hydrogens (primary N) is 1. The quantitative estimate of drug-likeness (QED) is 0.635. The molecular weight excluding hydrogens is 252 g/mol. The van der Waals surface area contributed by atoms with Crippen LogP contribution < -0.4 is 5.73 Å². The van der Waals surface area contributed by atoms with Gasteiger partial charge in [0.05, 0.1) is 0 Å². The van der Waals surface area contributed by atoms with Gasteiger partial charge in [0, 0.05) is 46.9 Å². The molecule has 0 radical (unpaired) electrons. The molecule has 0 aliphatic carbocycles. The fourth-order valence-electron chi connectivity index (χ4n) is 2.27. The molecule has 0 bridgehead atoms. The molecular formula is C11H24N2O4Si. The van der Waals surface area contributed by atoms with Crippen molar-refractivity contribution in [1.82, 2.24) is 4.90 Å². The van der Waals surface area contributed by atoms with Crippen LogP contribution in [0.2, 0.25) is 6.04 Å². The Balaban J connectivity index is 2.35. The van der Waals surface area contributed by atoms with Gasteiger partial charge >= 0.3 is 8.80 Å². The number of hydrogen-bond donors (Lipinski definition) is 1. The zero-order chi connectivity index (χ0) is 13.6. The highest BCUT2D eigenvalue weighted by Gasteiger charge is 2.37. The molecule has 1 rings (SSSR count). The van der Waals surface area contributed by atoms with Crippen molar-refractivity contribution in [2.75, 3.05) is 41.0 Å². The van der Waals surface area contributed by atoms with Crippen molar-refractivity contribution in [2.45, 2.75) is 18.9 Å². The van der Waals surface area contributed by atoms with Crippen LogP contribution in [0.25, 0.3) is 0 Å². The van der Waals surface area contributed by atoms with Crippen LogP contribution in [-0.4, -0.2) is 60.6 Å². The first-order valence-electron chi connectivity index (χ1n) is 6.24. The highest BCUT2D eigenvalue weighted by Crippen LogP contribution is 2.19. The van der Waals surface area contributed by atoms with Crippen molar-refractivity contribution in [3.8, 4) is 0 Å². The van der Waals surface area contributed by atoms with E-state index in [0.717, 1.165) is 19.5 Å². The van der Waals surface area contributed by atoms with Crippen LogP contribution in [-0.2, 0) is 18.1 Å². The fourth-order valence-corrected chi connectivity index (χ4v) is 3.97. The summed E-state index contributed by atoms with van der Waals surface area (Å²) in [5.74, 6) is 0.511. The van der Waals surface area contributed by atoms with Crippen LogP contribution in [0, 0.1) is 5.92 Å². The average molecular weight is 276 g/mol. The predicted octanol–water partition coefficient (Wildman–Crippen LogP) is 0.0618. The van der Waals surface area contributed by atoms with Crippen molar-refractivity contribution in [2.24, 2.45) is 11.7 Å². The molecule has 0 aromatic rings. The lowest BCUT2D eigenvalue weighted by molar-refractivity contribution is -0.127. The lowest BCUT2D eigenvalue weighted by atomic mass is 10.1. The maximum atomic E-state index is 11.7. The van der Waals surface area contributed by atoms with Crippen molar-refractivity contribution < 1.29 is 18.1 Å². The molecule has 18 heavy (non-hydrogen) atoms. The van der Waals surface area contributed by atoms with E-state index in [2.05, 4.69) is 0 Å². The molecule has 1 aliphatic rings. The highest BCUT2D eigenvalue weighted by atomic mass is 28.4. The minimum atomic E-state index is -2.50. The van der Waals surface area contributed by atoms with E-state index >= 15 is 0 Å². The molecule has 1 aliphatic heterocycles. The third-order valence-corrected chi connectivity index (χ3v) is 6.30. The van der Waals surface area contributed by atoms with Gasteiger partial charge in [-0.15, -0.1) is 0 Å². The van der Waals surface area contributed by atoms with Crippen molar-refractivity contribution >= 4 is 14.7 Å². The smallest absolute Gasteiger partial charge is 0.377 e. The molecule has 0 aromatic carbocycles. The molecule has 0 aromatic heterocycles. The van der Waals surface area contributed by atoms with Crippen LogP contribution in [0.5, 0.6) is 0 Å². The van der Waals surface area contributed by atoms with Gasteiger partial charge in [-0.1, -0.05) is 0 Å². The van der Waals surface area contributed by atoms with Crippen molar-refractivity contribution in [3.05, 3.63) is 0 Å². The number of carbonyl (C=O) groups is 1. The van der Waals surface area contributed by atoms with E-state index in [-0.39, 0.29) is 5.91 Å². The van der Waals surface area contributed by atoms with Crippen LogP contribution in [0.4, 0.5) is 0 Å². The number of hydrogen-bond acceptors (Lipinski definition) is 5. The monoisotopic (exact) mass is 276 g/mol. The molecule has 1 unspecified atom stereocenters. The number of amides is 1. The third kappa shape index (κ3) is 3.76. The number of nitrogens with zero attached hydrogens (tertiary/aromatic N) is 1. The molecule has 1 heterocycles. The van der Waals surface area contributed by atoms with Crippen molar-refractivity contribution in [3.63, 3.8) is 0 Å². The molecule has 0 saturated carbocycles. The third-order valence-electron chi connectivity index (χ3n) is 3.47. The van der Waals surface area contributed by atoms with Gasteiger partial charge in [-0.3, -0.25) is 4.79 Å². The second-order valence-corrected chi connectivity index (χ2v) is 7.64. The minimum absolute atomic E-state index is 0.199. The summed E-state index contributed by atoms with van der Waals surface area (Å²) >= 11 is 0. The van der Waals surface area contributed by atoms with Crippen LogP contribution >= 0.6 is 0 Å². The summed E-state index contributed by atoms with van der Waals surface area (Å²) in [6.07, 6.45) is 1.41. The molecule has 1 fully saturated rings. The van der Waals surface area contributed by atoms with Gasteiger partial charge in [0.1, 0.15) is 0 Å². The highest BCUT2D eigenvalue weighted by molar-refractivity contribution is 6.60. The first-order chi connectivity index (χ1) is 8.60. The van der Waals surface area contributed by atoms with E-state index in [1.165, 1.54) is 0 Å². The molecule has 106 valence electrons. The van der Waals surface area contributed by atoms with Crippen LogP contribution in [0.3, 0.4) is 0 Å². The predicted molar refractivity (Wildman–Crippen MR) is 69.9 cm³/mol. The summed E-state index contributed by atoms with van der Waals surface area (Å²) < 4.78 is 16.0. The summed E-state index contributed by atoms with van der Waals surface area (Å²) in [5.41, 5.74) is 5.59. The lowest BCUT2D eigenvalue weighted by Gasteiger charge is -2.25. The Morgan fingerprint density at radius 3 is 2.39 bits per heavy atom. The molecule has 1 amide bonds. The second kappa shape index (κ2) is 7.20. The van der Waals surface area contributed by atoms with Gasteiger partial charge in [0.2, 0.25) is 5.91 Å². The zero-order valence-corrected chi connectivity index (χ0v) is 12.5. The van der Waals surface area contributed by atoms with Gasteiger partial charge in [-0.2, -0.15) is 0 Å². The van der Waals surface area contributed by atoms with E-state index in [4.69, 9.17) is 19.0 Å². The van der Waals surface area contributed by atoms with Crippen LogP contribution in [0.1, 0.15) is 12.8 Å². The van der Waals surface area contributed by atoms with Gasteiger partial charge in [0.15, 0.2) is 0 Å². The average Bonchev–Trinajstić information content (AvgIpc) is 2.76. The molecule has 1 saturated heterocycles. The van der Waals surface area contributed by atoms with E-state index in [1.807, 2.05) is 4.90 Å². The minimum Gasteiger partial charge on any atom is -0.377 e. The molecule has 1 atom stereocenters. The van der Waals surface area contributed by atoms with Gasteiger partial charge in [0.25, 0.3) is 0 Å². The zero-order valence-electron chi connectivity index (χ0n) is 11.5. The summed E-state index contributed by atoms with van der Waals surface area (Å²) in [5, 5.41) is 0. The maximum Gasteiger partial charge on any atom is 0.500 e. The lowest BCUT2D eigenvalue weighted by Crippen LogP contribution is -2.43. The molecule has 0 spiro atoms. The summed E-state index contributed by atoms with van der Waals surface area (Å²) in [6, 6.07) is 0.716. The fraction of sp³-hybridized carbons (Fsp3) is 0.909. The van der Waals surface area contributed by atoms with E-state index in [0.29, 0.717) is 24.9 Å². The van der Waals surface area contributed by atoms with E-state index < -0.39 is 8.80 Å². The Morgan fingerprint density at radius 1 is 1.33 bits per heavy atom. The van der Waals surface area contributed by atoms with Gasteiger partial charge < -0.3 is 23.9 Å². The van der Waals surface area contributed by atoms with E-state index in [9.17, 15) is 4.79 Å². The Morgan fingerprint density at radius 2 is 1.94 bits per heavy atom. The largest absolute Gasteiger partial charge is 0.500 e. The second-order valence-electron chi connectivity index (χ2n) is 4.54. The summed E-state index contributed by atoms with van der Waals surface area (Å²) in [4.78, 5) is 13.6. The standard InChI is InChI=1S/C11H24N2O4Si/c1-15-18(16-2,17-3)6-4-5-13-9-10(8-12)7-11(13)14/h10H,4-9,12H2,1-3H3. The molecule has 6 nitrogen and oxygen atoms in total. The summed E-state index contributed by atoms with van der Waals surface area (Å²) in [6.45, 7) is 2.08. The summed E-state index contributed by atoms with van der Waals surface area (Å²) in [7, 11) is 2.31. The Hall–Kier alpha value is -0.473. The topological polar surface area (TPSA) is 74.0 Å². The Bertz CT molecular complexity index is 266. The maximum absolute atomic E-state index is 11.7. The van der Waals surface area contributed by atoms with Crippen LogP contribution in [0.15, 0.2) is 0 Å². The van der Waals surface area contributed by atoms with Crippen molar-refractivity contribution in [1.29, 1.82) is 0 Å². The van der Waals surface area contributed by atoms with E-state index in [1.54, 1.807) is 21.3 Å². The SMILES string of the molecule is CO[Si](CCCN1CC(CN)CC1=O)(OC)OC. The number of rotatable bonds is 8. The Kier molecular flexibility index (Phi) is 6.23. The number of likely N-dealkylation sites (tertiary alicyclic amines) is 1. The normalized spacial score (nSPS) is 20.8. The first kappa shape index (κ1) is 15.6. The molecule has 2 N–H and O–H groups in total.